The minimum atomic E-state index is -2.43. The lowest BCUT2D eigenvalue weighted by atomic mass is 10.1. The molecule has 0 saturated heterocycles. The van der Waals surface area contributed by atoms with Gasteiger partial charge < -0.3 is 5.11 Å². The summed E-state index contributed by atoms with van der Waals surface area (Å²) in [6, 6.07) is 2.79. The lowest BCUT2D eigenvalue weighted by molar-refractivity contribution is -0.384. The van der Waals surface area contributed by atoms with Crippen LogP contribution in [0.2, 0.25) is 0 Å². The minimum absolute atomic E-state index is 0.253. The summed E-state index contributed by atoms with van der Waals surface area (Å²) in [6.45, 7) is 0. The maximum atomic E-state index is 13.5. The molecule has 7 nitrogen and oxygen atoms in total. The highest BCUT2D eigenvalue weighted by molar-refractivity contribution is 5.95. The maximum absolute atomic E-state index is 13.5. The molecular weight excluding hydrogens is 369 g/mol. The van der Waals surface area contributed by atoms with E-state index in [0.717, 1.165) is 18.2 Å². The minimum Gasteiger partial charge on any atom is -0.507 e. The fourth-order valence-electron chi connectivity index (χ4n) is 1.78. The zero-order valence-corrected chi connectivity index (χ0v) is 12.3. The second-order valence-electron chi connectivity index (χ2n) is 4.64. The van der Waals surface area contributed by atoms with E-state index in [9.17, 15) is 42.0 Å². The summed E-state index contributed by atoms with van der Waals surface area (Å²) in [5.74, 6) is -14.0. The van der Waals surface area contributed by atoms with E-state index in [-0.39, 0.29) is 5.56 Å². The van der Waals surface area contributed by atoms with Crippen LogP contribution in [0, 0.1) is 39.2 Å². The maximum Gasteiger partial charge on any atom is 0.277 e. The number of halogens is 5. The Labute approximate surface area is 140 Å². The van der Waals surface area contributed by atoms with Gasteiger partial charge in [0.1, 0.15) is 11.3 Å². The molecule has 0 saturated carbocycles. The van der Waals surface area contributed by atoms with Gasteiger partial charge in [0.25, 0.3) is 11.6 Å². The van der Waals surface area contributed by atoms with Crippen molar-refractivity contribution in [3.63, 3.8) is 0 Å². The number of aromatic hydroxyl groups is 1. The summed E-state index contributed by atoms with van der Waals surface area (Å²) in [4.78, 5) is 21.5. The van der Waals surface area contributed by atoms with Crippen LogP contribution in [0.5, 0.6) is 5.75 Å². The second kappa shape index (κ2) is 7.13. The third-order valence-electron chi connectivity index (χ3n) is 3.03. The Morgan fingerprint density at radius 2 is 1.62 bits per heavy atom. The van der Waals surface area contributed by atoms with Crippen LogP contribution in [0.15, 0.2) is 23.3 Å². The molecule has 0 heterocycles. The third-order valence-corrected chi connectivity index (χ3v) is 3.03. The van der Waals surface area contributed by atoms with Crippen LogP contribution >= 0.6 is 0 Å². The second-order valence-corrected chi connectivity index (χ2v) is 4.64. The van der Waals surface area contributed by atoms with E-state index in [1.54, 1.807) is 0 Å². The summed E-state index contributed by atoms with van der Waals surface area (Å²) in [7, 11) is 0. The topological polar surface area (TPSA) is 105 Å². The van der Waals surface area contributed by atoms with Crippen molar-refractivity contribution >= 4 is 17.8 Å². The number of non-ortho nitro benzene ring substituents is 1. The van der Waals surface area contributed by atoms with Gasteiger partial charge in [-0.05, 0) is 6.07 Å². The van der Waals surface area contributed by atoms with Crippen molar-refractivity contribution in [3.05, 3.63) is 68.5 Å². The van der Waals surface area contributed by atoms with Crippen molar-refractivity contribution in [2.45, 2.75) is 0 Å². The molecule has 2 rings (SSSR count). The van der Waals surface area contributed by atoms with Crippen LogP contribution in [-0.4, -0.2) is 22.2 Å². The number of carbonyl (C=O) groups is 1. The zero-order valence-electron chi connectivity index (χ0n) is 12.3. The number of rotatable bonds is 4. The van der Waals surface area contributed by atoms with E-state index < -0.39 is 56.9 Å². The van der Waals surface area contributed by atoms with Gasteiger partial charge in [-0.1, -0.05) is 0 Å². The predicted octanol–water partition coefficient (Wildman–Crippen LogP) is 2.76. The number of phenolic OH excluding ortho intramolecular Hbond substituents is 1. The molecule has 0 radical (unpaired) electrons. The third kappa shape index (κ3) is 3.43. The highest BCUT2D eigenvalue weighted by Gasteiger charge is 2.29. The van der Waals surface area contributed by atoms with Gasteiger partial charge in [-0.2, -0.15) is 5.10 Å². The zero-order chi connectivity index (χ0) is 19.6. The van der Waals surface area contributed by atoms with E-state index in [0.29, 0.717) is 6.21 Å². The average molecular weight is 375 g/mol. The number of nitrogens with zero attached hydrogens (tertiary/aromatic N) is 2. The number of nitrogens with one attached hydrogen (secondary N) is 1. The highest BCUT2D eigenvalue weighted by Crippen LogP contribution is 2.23. The molecule has 0 fully saturated rings. The van der Waals surface area contributed by atoms with Crippen molar-refractivity contribution in [1.82, 2.24) is 5.43 Å². The molecule has 2 aromatic rings. The van der Waals surface area contributed by atoms with Gasteiger partial charge in [0, 0.05) is 17.7 Å². The standard InChI is InChI=1S/C14H6F5N3O4/c15-9-8(10(16)12(18)13(19)11(9)17)14(24)21-20-4-5-3-6(22(25)26)1-2-7(5)23/h1-4,23H,(H,21,24)/b20-4+. The molecular formula is C14H6F5N3O4. The Kier molecular flexibility index (Phi) is 5.14. The fraction of sp³-hybridized carbons (Fsp3) is 0. The van der Waals surface area contributed by atoms with Crippen molar-refractivity contribution in [2.75, 3.05) is 0 Å². The molecule has 26 heavy (non-hydrogen) atoms. The average Bonchev–Trinajstić information content (AvgIpc) is 2.59. The first-order chi connectivity index (χ1) is 12.1. The van der Waals surface area contributed by atoms with Crippen LogP contribution in [0.3, 0.4) is 0 Å². The molecule has 0 aliphatic heterocycles. The molecule has 2 aromatic carbocycles. The predicted molar refractivity (Wildman–Crippen MR) is 76.1 cm³/mol. The molecule has 0 bridgehead atoms. The van der Waals surface area contributed by atoms with Crippen LogP contribution in [0.1, 0.15) is 15.9 Å². The lowest BCUT2D eigenvalue weighted by Crippen LogP contribution is -2.23. The Morgan fingerprint density at radius 3 is 2.15 bits per heavy atom. The quantitative estimate of drug-likeness (QED) is 0.214. The summed E-state index contributed by atoms with van der Waals surface area (Å²) in [6.07, 6.45) is 0.673. The number of nitro benzene ring substituents is 1. The lowest BCUT2D eigenvalue weighted by Gasteiger charge is -2.06. The van der Waals surface area contributed by atoms with Gasteiger partial charge in [-0.25, -0.2) is 27.4 Å². The number of hydrogen-bond acceptors (Lipinski definition) is 5. The van der Waals surface area contributed by atoms with E-state index in [4.69, 9.17) is 0 Å². The Bertz CT molecular complexity index is 920. The number of amides is 1. The van der Waals surface area contributed by atoms with Crippen molar-refractivity contribution in [2.24, 2.45) is 5.10 Å². The van der Waals surface area contributed by atoms with E-state index in [1.165, 1.54) is 5.43 Å². The first-order valence-corrected chi connectivity index (χ1v) is 6.47. The van der Waals surface area contributed by atoms with Crippen LogP contribution in [-0.2, 0) is 0 Å². The highest BCUT2D eigenvalue weighted by atomic mass is 19.2. The van der Waals surface area contributed by atoms with Gasteiger partial charge >= 0.3 is 0 Å². The molecule has 0 aromatic heterocycles. The number of phenols is 1. The number of hydrogen-bond donors (Lipinski definition) is 2. The molecule has 0 spiro atoms. The molecule has 1 amide bonds. The number of benzene rings is 2. The molecule has 0 atom stereocenters. The molecule has 2 N–H and O–H groups in total. The number of carbonyl (C=O) groups excluding carboxylic acids is 1. The van der Waals surface area contributed by atoms with E-state index >= 15 is 0 Å². The smallest absolute Gasteiger partial charge is 0.277 e. The SMILES string of the molecule is O=C(N/N=C/c1cc([N+](=O)[O-])ccc1O)c1c(F)c(F)c(F)c(F)c1F. The first kappa shape index (κ1) is 18.8. The van der Waals surface area contributed by atoms with Gasteiger partial charge in [0.05, 0.1) is 11.1 Å². The van der Waals surface area contributed by atoms with Gasteiger partial charge in [0.2, 0.25) is 5.82 Å². The Morgan fingerprint density at radius 1 is 1.08 bits per heavy atom. The van der Waals surface area contributed by atoms with Gasteiger partial charge in [0.15, 0.2) is 23.3 Å². The fourth-order valence-corrected chi connectivity index (χ4v) is 1.78. The molecule has 0 unspecified atom stereocenters. The summed E-state index contributed by atoms with van der Waals surface area (Å²) in [5.41, 5.74) is -0.957. The van der Waals surface area contributed by atoms with Gasteiger partial charge in [-0.3, -0.25) is 14.9 Å². The van der Waals surface area contributed by atoms with Crippen molar-refractivity contribution in [1.29, 1.82) is 0 Å². The Hall–Kier alpha value is -3.57. The largest absolute Gasteiger partial charge is 0.507 e. The number of nitro groups is 1. The van der Waals surface area contributed by atoms with E-state index in [1.807, 2.05) is 0 Å². The molecule has 0 aliphatic carbocycles. The summed E-state index contributed by atoms with van der Waals surface area (Å²) < 4.78 is 65.9. The normalized spacial score (nSPS) is 11.0. The van der Waals surface area contributed by atoms with Crippen molar-refractivity contribution < 1.29 is 36.8 Å². The first-order valence-electron chi connectivity index (χ1n) is 6.47. The number of hydrazone groups is 1. The van der Waals surface area contributed by atoms with Crippen LogP contribution in [0.25, 0.3) is 0 Å². The van der Waals surface area contributed by atoms with Gasteiger partial charge in [-0.15, -0.1) is 0 Å². The summed E-state index contributed by atoms with van der Waals surface area (Å²) in [5, 5.41) is 23.3. The monoisotopic (exact) mass is 375 g/mol. The molecule has 136 valence electrons. The van der Waals surface area contributed by atoms with Crippen molar-refractivity contribution in [3.8, 4) is 5.75 Å². The molecule has 0 aliphatic rings. The van der Waals surface area contributed by atoms with E-state index in [2.05, 4.69) is 5.10 Å². The Balaban J connectivity index is 2.29. The van der Waals surface area contributed by atoms with Crippen LogP contribution in [0.4, 0.5) is 27.6 Å². The van der Waals surface area contributed by atoms with Crippen LogP contribution < -0.4 is 5.43 Å². The summed E-state index contributed by atoms with van der Waals surface area (Å²) >= 11 is 0. The molecule has 12 heteroatoms.